The fourth-order valence-corrected chi connectivity index (χ4v) is 3.67. The molecule has 0 aliphatic carbocycles. The second-order valence-electron chi connectivity index (χ2n) is 7.44. The van der Waals surface area contributed by atoms with Gasteiger partial charge < -0.3 is 10.4 Å². The van der Waals surface area contributed by atoms with Gasteiger partial charge in [-0.2, -0.15) is 0 Å². The van der Waals surface area contributed by atoms with Gasteiger partial charge in [-0.05, 0) is 56.6 Å². The minimum Gasteiger partial charge on any atom is -0.395 e. The standard InChI is InChI=1S/C23H26ClF2N3O/c1-16(28-22-8-9-27-23-13-18(24)5-7-20(22)23)3-2-10-29(11-12-30)15-17-4-6-19(25)14-21(17)26/h4-9,13-14,16,30H,2-3,10-12,15H2,1H3,(H,27,28). The van der Waals surface area contributed by atoms with E-state index in [1.807, 2.05) is 29.2 Å². The Labute approximate surface area is 180 Å². The summed E-state index contributed by atoms with van der Waals surface area (Å²) in [5, 5.41) is 14.5. The second-order valence-corrected chi connectivity index (χ2v) is 7.88. The Kier molecular flexibility index (Phi) is 7.96. The van der Waals surface area contributed by atoms with E-state index in [9.17, 15) is 13.9 Å². The molecule has 0 saturated heterocycles. The van der Waals surface area contributed by atoms with Crippen molar-refractivity contribution in [3.05, 3.63) is 70.9 Å². The highest BCUT2D eigenvalue weighted by atomic mass is 35.5. The molecule has 2 aromatic carbocycles. The largest absolute Gasteiger partial charge is 0.395 e. The number of nitrogens with one attached hydrogen (secondary N) is 1. The van der Waals surface area contributed by atoms with Gasteiger partial charge in [-0.3, -0.25) is 9.88 Å². The van der Waals surface area contributed by atoms with Crippen molar-refractivity contribution in [3.8, 4) is 0 Å². The van der Waals surface area contributed by atoms with Gasteiger partial charge in [0.25, 0.3) is 0 Å². The highest BCUT2D eigenvalue weighted by Gasteiger charge is 2.12. The van der Waals surface area contributed by atoms with Gasteiger partial charge in [0.05, 0.1) is 12.1 Å². The molecule has 2 N–H and O–H groups in total. The summed E-state index contributed by atoms with van der Waals surface area (Å²) in [6.07, 6.45) is 3.52. The van der Waals surface area contributed by atoms with Gasteiger partial charge in [0.2, 0.25) is 0 Å². The summed E-state index contributed by atoms with van der Waals surface area (Å²) in [5.41, 5.74) is 2.28. The zero-order valence-corrected chi connectivity index (χ0v) is 17.7. The van der Waals surface area contributed by atoms with Crippen molar-refractivity contribution in [2.45, 2.75) is 32.4 Å². The first kappa shape index (κ1) is 22.4. The van der Waals surface area contributed by atoms with Crippen LogP contribution in [0.1, 0.15) is 25.3 Å². The molecule has 0 amide bonds. The number of hydrogen-bond donors (Lipinski definition) is 2. The van der Waals surface area contributed by atoms with E-state index in [-0.39, 0.29) is 12.6 Å². The van der Waals surface area contributed by atoms with Crippen molar-refractivity contribution >= 4 is 28.2 Å². The van der Waals surface area contributed by atoms with E-state index in [1.54, 1.807) is 6.20 Å². The first-order valence-electron chi connectivity index (χ1n) is 10.0. The van der Waals surface area contributed by atoms with E-state index in [1.165, 1.54) is 12.1 Å². The molecule has 160 valence electrons. The van der Waals surface area contributed by atoms with Gasteiger partial charge in [0, 0.05) is 53.1 Å². The molecule has 30 heavy (non-hydrogen) atoms. The van der Waals surface area contributed by atoms with Crippen LogP contribution in [0.5, 0.6) is 0 Å². The molecule has 0 bridgehead atoms. The number of hydrogen-bond acceptors (Lipinski definition) is 4. The molecule has 1 atom stereocenters. The maximum atomic E-state index is 13.9. The van der Waals surface area contributed by atoms with Gasteiger partial charge >= 0.3 is 0 Å². The lowest BCUT2D eigenvalue weighted by atomic mass is 10.1. The minimum absolute atomic E-state index is 0.0117. The van der Waals surface area contributed by atoms with Gasteiger partial charge in [-0.15, -0.1) is 0 Å². The highest BCUT2D eigenvalue weighted by molar-refractivity contribution is 6.31. The normalized spacial score (nSPS) is 12.5. The number of nitrogens with zero attached hydrogens (tertiary/aromatic N) is 2. The number of rotatable bonds is 10. The van der Waals surface area contributed by atoms with Gasteiger partial charge in [-0.25, -0.2) is 8.78 Å². The average molecular weight is 434 g/mol. The molecule has 0 aliphatic rings. The SMILES string of the molecule is CC(CCCN(CCO)Cc1ccc(F)cc1F)Nc1ccnc2cc(Cl)ccc12. The molecule has 0 saturated carbocycles. The van der Waals surface area contributed by atoms with Crippen LogP contribution in [0, 0.1) is 11.6 Å². The van der Waals surface area contributed by atoms with E-state index < -0.39 is 11.6 Å². The Balaban J connectivity index is 1.55. The van der Waals surface area contributed by atoms with Gasteiger partial charge in [-0.1, -0.05) is 17.7 Å². The van der Waals surface area contributed by atoms with Gasteiger partial charge in [0.15, 0.2) is 0 Å². The van der Waals surface area contributed by atoms with E-state index >= 15 is 0 Å². The van der Waals surface area contributed by atoms with Gasteiger partial charge in [0.1, 0.15) is 11.6 Å². The zero-order valence-electron chi connectivity index (χ0n) is 16.9. The van der Waals surface area contributed by atoms with Crippen molar-refractivity contribution in [2.24, 2.45) is 0 Å². The lowest BCUT2D eigenvalue weighted by molar-refractivity contribution is 0.185. The van der Waals surface area contributed by atoms with Crippen molar-refractivity contribution in [1.29, 1.82) is 0 Å². The number of aromatic nitrogens is 1. The van der Waals surface area contributed by atoms with Crippen molar-refractivity contribution in [1.82, 2.24) is 9.88 Å². The third-order valence-electron chi connectivity index (χ3n) is 5.04. The second kappa shape index (κ2) is 10.7. The summed E-state index contributed by atoms with van der Waals surface area (Å²) in [7, 11) is 0. The van der Waals surface area contributed by atoms with E-state index in [0.717, 1.165) is 35.5 Å². The van der Waals surface area contributed by atoms with Crippen LogP contribution >= 0.6 is 11.6 Å². The predicted octanol–water partition coefficient (Wildman–Crippen LogP) is 5.24. The summed E-state index contributed by atoms with van der Waals surface area (Å²) in [6, 6.07) is 11.4. The quantitative estimate of drug-likeness (QED) is 0.459. The Morgan fingerprint density at radius 2 is 1.97 bits per heavy atom. The van der Waals surface area contributed by atoms with Crippen LogP contribution in [-0.4, -0.2) is 40.7 Å². The van der Waals surface area contributed by atoms with Crippen LogP contribution in [0.3, 0.4) is 0 Å². The number of benzene rings is 2. The molecule has 1 heterocycles. The predicted molar refractivity (Wildman–Crippen MR) is 118 cm³/mol. The topological polar surface area (TPSA) is 48.4 Å². The first-order chi connectivity index (χ1) is 14.5. The Morgan fingerprint density at radius 3 is 2.73 bits per heavy atom. The van der Waals surface area contributed by atoms with Crippen molar-refractivity contribution in [2.75, 3.05) is 25.0 Å². The van der Waals surface area contributed by atoms with Crippen LogP contribution in [0.15, 0.2) is 48.7 Å². The molecule has 7 heteroatoms. The Morgan fingerprint density at radius 1 is 1.13 bits per heavy atom. The highest BCUT2D eigenvalue weighted by Crippen LogP contribution is 2.25. The molecule has 1 unspecified atom stereocenters. The summed E-state index contributed by atoms with van der Waals surface area (Å²) in [6.45, 7) is 3.58. The van der Waals surface area contributed by atoms with Crippen LogP contribution in [-0.2, 0) is 6.54 Å². The fourth-order valence-electron chi connectivity index (χ4n) is 3.51. The Bertz CT molecular complexity index is 986. The Hall–Kier alpha value is -2.28. The van der Waals surface area contributed by atoms with Crippen LogP contribution in [0.25, 0.3) is 10.9 Å². The van der Waals surface area contributed by atoms with Crippen molar-refractivity contribution in [3.63, 3.8) is 0 Å². The molecular weight excluding hydrogens is 408 g/mol. The maximum Gasteiger partial charge on any atom is 0.130 e. The number of aliphatic hydroxyl groups excluding tert-OH is 1. The molecular formula is C23H26ClF2N3O. The number of pyridine rings is 1. The molecule has 3 rings (SSSR count). The molecule has 0 spiro atoms. The molecule has 0 aliphatic heterocycles. The summed E-state index contributed by atoms with van der Waals surface area (Å²) in [4.78, 5) is 6.34. The third-order valence-corrected chi connectivity index (χ3v) is 5.28. The zero-order chi connectivity index (χ0) is 21.5. The number of anilines is 1. The van der Waals surface area contributed by atoms with Crippen LogP contribution in [0.2, 0.25) is 5.02 Å². The van der Waals surface area contributed by atoms with Crippen LogP contribution < -0.4 is 5.32 Å². The maximum absolute atomic E-state index is 13.9. The monoisotopic (exact) mass is 433 g/mol. The number of halogens is 3. The summed E-state index contributed by atoms with van der Waals surface area (Å²) in [5.74, 6) is -1.14. The average Bonchev–Trinajstić information content (AvgIpc) is 2.70. The molecule has 1 aromatic heterocycles. The smallest absolute Gasteiger partial charge is 0.130 e. The molecule has 0 fully saturated rings. The lowest BCUT2D eigenvalue weighted by Crippen LogP contribution is -2.29. The van der Waals surface area contributed by atoms with E-state index in [0.29, 0.717) is 30.2 Å². The molecule has 0 radical (unpaired) electrons. The van der Waals surface area contributed by atoms with Crippen molar-refractivity contribution < 1.29 is 13.9 Å². The van der Waals surface area contributed by atoms with E-state index in [2.05, 4.69) is 17.2 Å². The summed E-state index contributed by atoms with van der Waals surface area (Å²) >= 11 is 6.05. The molecule has 4 nitrogen and oxygen atoms in total. The fraction of sp³-hybridized carbons (Fsp3) is 0.348. The van der Waals surface area contributed by atoms with E-state index in [4.69, 9.17) is 11.6 Å². The number of fused-ring (bicyclic) bond motifs is 1. The minimum atomic E-state index is -0.587. The number of aliphatic hydroxyl groups is 1. The lowest BCUT2D eigenvalue weighted by Gasteiger charge is -2.23. The van der Waals surface area contributed by atoms with Crippen LogP contribution in [0.4, 0.5) is 14.5 Å². The first-order valence-corrected chi connectivity index (χ1v) is 10.4. The summed E-state index contributed by atoms with van der Waals surface area (Å²) < 4.78 is 27.1. The third kappa shape index (κ3) is 6.11. The molecule has 3 aromatic rings.